The van der Waals surface area contributed by atoms with Crippen LogP contribution in [-0.4, -0.2) is 59.0 Å². The van der Waals surface area contributed by atoms with Crippen molar-refractivity contribution in [3.8, 4) is 0 Å². The molecule has 1 fully saturated rings. The van der Waals surface area contributed by atoms with Gasteiger partial charge in [0.25, 0.3) is 0 Å². The van der Waals surface area contributed by atoms with Gasteiger partial charge in [0, 0.05) is 33.8 Å². The van der Waals surface area contributed by atoms with Gasteiger partial charge in [0.05, 0.1) is 6.61 Å². The van der Waals surface area contributed by atoms with Crippen LogP contribution in [0.5, 0.6) is 0 Å². The lowest BCUT2D eigenvalue weighted by Gasteiger charge is -2.40. The van der Waals surface area contributed by atoms with Crippen molar-refractivity contribution in [1.29, 1.82) is 0 Å². The summed E-state index contributed by atoms with van der Waals surface area (Å²) < 4.78 is 7.21. The fraction of sp³-hybridized carbons (Fsp3) is 0.591. The van der Waals surface area contributed by atoms with E-state index in [1.807, 2.05) is 18.5 Å². The topological polar surface area (TPSA) is 67.6 Å². The van der Waals surface area contributed by atoms with E-state index in [0.717, 1.165) is 50.1 Å². The number of aromatic nitrogens is 3. The van der Waals surface area contributed by atoms with E-state index in [9.17, 15) is 0 Å². The van der Waals surface area contributed by atoms with Crippen molar-refractivity contribution >= 4 is 29.9 Å². The first-order chi connectivity index (χ1) is 14.1. The van der Waals surface area contributed by atoms with Gasteiger partial charge in [0.1, 0.15) is 12.4 Å². The molecule has 1 aromatic carbocycles. The molecule has 2 unspecified atom stereocenters. The minimum Gasteiger partial charge on any atom is -0.383 e. The maximum atomic E-state index is 5.22. The summed E-state index contributed by atoms with van der Waals surface area (Å²) in [5.74, 6) is 3.93. The molecule has 0 radical (unpaired) electrons. The summed E-state index contributed by atoms with van der Waals surface area (Å²) in [4.78, 5) is 7.28. The van der Waals surface area contributed by atoms with E-state index in [1.165, 1.54) is 5.56 Å². The Kier molecular flexibility index (Phi) is 10.0. The minimum atomic E-state index is 0. The maximum absolute atomic E-state index is 5.22. The Balaban J connectivity index is 0.00000320. The first kappa shape index (κ1) is 24.6. The van der Waals surface area contributed by atoms with Crippen LogP contribution in [0.2, 0.25) is 0 Å². The van der Waals surface area contributed by atoms with Crippen molar-refractivity contribution in [2.24, 2.45) is 18.0 Å². The molecular weight excluding hydrogens is 491 g/mol. The second kappa shape index (κ2) is 12.2. The number of piperidine rings is 1. The molecule has 8 heteroatoms. The summed E-state index contributed by atoms with van der Waals surface area (Å²) in [7, 11) is 3.70. The monoisotopic (exact) mass is 526 g/mol. The normalized spacial score (nSPS) is 19.5. The molecule has 0 spiro atoms. The molecule has 2 atom stereocenters. The van der Waals surface area contributed by atoms with E-state index < -0.39 is 0 Å². The summed E-state index contributed by atoms with van der Waals surface area (Å²) >= 11 is 0. The highest BCUT2D eigenvalue weighted by Gasteiger charge is 2.30. The summed E-state index contributed by atoms with van der Waals surface area (Å²) in [6.07, 6.45) is 2.29. The van der Waals surface area contributed by atoms with Crippen LogP contribution >= 0.6 is 24.0 Å². The number of halogens is 1. The number of hydrogen-bond acceptors (Lipinski definition) is 4. The number of aliphatic imine (C=N–C) groups is 1. The quantitative estimate of drug-likeness (QED) is 0.260. The number of nitrogens with zero attached hydrogens (tertiary/aromatic N) is 5. The van der Waals surface area contributed by atoms with Gasteiger partial charge in [-0.15, -0.1) is 34.2 Å². The zero-order valence-corrected chi connectivity index (χ0v) is 20.9. The van der Waals surface area contributed by atoms with E-state index >= 15 is 0 Å². The molecule has 1 aliphatic rings. The highest BCUT2D eigenvalue weighted by molar-refractivity contribution is 14.0. The predicted octanol–water partition coefficient (Wildman–Crippen LogP) is 3.35. The van der Waals surface area contributed by atoms with Crippen LogP contribution in [0.3, 0.4) is 0 Å². The Hall–Kier alpha value is -1.68. The highest BCUT2D eigenvalue weighted by atomic mass is 127. The lowest BCUT2D eigenvalue weighted by molar-refractivity contribution is 0.195. The third-order valence-electron chi connectivity index (χ3n) is 5.93. The predicted molar refractivity (Wildman–Crippen MR) is 131 cm³/mol. The van der Waals surface area contributed by atoms with Crippen molar-refractivity contribution in [2.45, 2.75) is 39.2 Å². The molecule has 2 heterocycles. The number of aryl methyl sites for hydroxylation is 1. The lowest BCUT2D eigenvalue weighted by atomic mass is 9.79. The maximum Gasteiger partial charge on any atom is 0.194 e. The number of likely N-dealkylation sites (tertiary alicyclic amines) is 1. The molecule has 0 aliphatic carbocycles. The van der Waals surface area contributed by atoms with Gasteiger partial charge < -0.3 is 19.5 Å². The van der Waals surface area contributed by atoms with E-state index in [4.69, 9.17) is 9.73 Å². The number of ether oxygens (including phenoxy) is 1. The van der Waals surface area contributed by atoms with E-state index in [-0.39, 0.29) is 24.0 Å². The Morgan fingerprint density at radius 2 is 2.03 bits per heavy atom. The van der Waals surface area contributed by atoms with Crippen LogP contribution in [0.4, 0.5) is 0 Å². The molecule has 0 saturated carbocycles. The van der Waals surface area contributed by atoms with Gasteiger partial charge in [0.15, 0.2) is 11.8 Å². The minimum absolute atomic E-state index is 0. The Bertz CT molecular complexity index is 794. The van der Waals surface area contributed by atoms with E-state index in [1.54, 1.807) is 7.11 Å². The number of methoxy groups -OCH3 is 1. The van der Waals surface area contributed by atoms with Crippen molar-refractivity contribution in [3.05, 3.63) is 47.5 Å². The van der Waals surface area contributed by atoms with Crippen LogP contribution in [0.15, 0.2) is 35.3 Å². The molecule has 2 aromatic rings. The van der Waals surface area contributed by atoms with Crippen LogP contribution in [0.25, 0.3) is 0 Å². The van der Waals surface area contributed by atoms with Gasteiger partial charge in [-0.2, -0.15) is 0 Å². The van der Waals surface area contributed by atoms with Gasteiger partial charge in [-0.1, -0.05) is 43.7 Å². The molecule has 0 bridgehead atoms. The van der Waals surface area contributed by atoms with Crippen LogP contribution < -0.4 is 5.32 Å². The molecule has 1 aromatic heterocycles. The second-order valence-electron chi connectivity index (χ2n) is 7.70. The molecule has 1 aliphatic heterocycles. The Labute approximate surface area is 197 Å². The Morgan fingerprint density at radius 3 is 2.67 bits per heavy atom. The van der Waals surface area contributed by atoms with Crippen molar-refractivity contribution < 1.29 is 4.74 Å². The van der Waals surface area contributed by atoms with Crippen molar-refractivity contribution in [1.82, 2.24) is 25.0 Å². The van der Waals surface area contributed by atoms with Crippen molar-refractivity contribution in [3.63, 3.8) is 0 Å². The summed E-state index contributed by atoms with van der Waals surface area (Å²) in [5.41, 5.74) is 1.46. The average molecular weight is 526 g/mol. The summed E-state index contributed by atoms with van der Waals surface area (Å²) in [5, 5.41) is 11.9. The number of hydrogen-bond donors (Lipinski definition) is 1. The molecule has 0 amide bonds. The zero-order valence-electron chi connectivity index (χ0n) is 18.5. The van der Waals surface area contributed by atoms with Gasteiger partial charge in [0.2, 0.25) is 0 Å². The van der Waals surface area contributed by atoms with Gasteiger partial charge in [-0.25, -0.2) is 4.99 Å². The van der Waals surface area contributed by atoms with Crippen molar-refractivity contribution in [2.75, 3.05) is 33.4 Å². The lowest BCUT2D eigenvalue weighted by Crippen LogP contribution is -2.49. The highest BCUT2D eigenvalue weighted by Crippen LogP contribution is 2.34. The Morgan fingerprint density at radius 1 is 1.27 bits per heavy atom. The summed E-state index contributed by atoms with van der Waals surface area (Å²) in [6.45, 7) is 8.16. The second-order valence-corrected chi connectivity index (χ2v) is 7.70. The molecule has 1 N–H and O–H groups in total. The average Bonchev–Trinajstić information content (AvgIpc) is 3.08. The van der Waals surface area contributed by atoms with Crippen LogP contribution in [-0.2, 0) is 18.3 Å². The number of nitrogens with one attached hydrogen (secondary N) is 1. The molecule has 30 heavy (non-hydrogen) atoms. The third kappa shape index (κ3) is 6.16. The number of benzene rings is 1. The van der Waals surface area contributed by atoms with Crippen LogP contribution in [0, 0.1) is 12.8 Å². The van der Waals surface area contributed by atoms with Gasteiger partial charge in [-0.05, 0) is 30.7 Å². The molecular formula is C22H35IN6O. The van der Waals surface area contributed by atoms with Gasteiger partial charge in [-0.3, -0.25) is 0 Å². The molecule has 1 saturated heterocycles. The fourth-order valence-corrected chi connectivity index (χ4v) is 4.04. The standard InChI is InChI=1S/C22H34N6O.HI/c1-5-18-16-28(13-11-20(18)19-9-7-6-8-10-19)22(23-12-14-29-4)24-15-21-26-25-17(2)27(21)3;/h6-10,18,20H,5,11-16H2,1-4H3,(H,23,24);1H. The molecule has 3 rings (SSSR count). The molecule has 166 valence electrons. The number of rotatable bonds is 7. The number of guanidine groups is 1. The van der Waals surface area contributed by atoms with Gasteiger partial charge >= 0.3 is 0 Å². The first-order valence-corrected chi connectivity index (χ1v) is 10.6. The summed E-state index contributed by atoms with van der Waals surface area (Å²) in [6, 6.07) is 10.9. The SMILES string of the molecule is CCC1CN(C(=NCc2nnc(C)n2C)NCCOC)CCC1c1ccccc1.I. The smallest absolute Gasteiger partial charge is 0.194 e. The largest absolute Gasteiger partial charge is 0.383 e. The molecule has 7 nitrogen and oxygen atoms in total. The van der Waals surface area contributed by atoms with E-state index in [0.29, 0.717) is 25.0 Å². The van der Waals surface area contributed by atoms with Crippen LogP contribution in [0.1, 0.15) is 42.9 Å². The van der Waals surface area contributed by atoms with E-state index in [2.05, 4.69) is 57.7 Å². The third-order valence-corrected chi connectivity index (χ3v) is 5.93. The zero-order chi connectivity index (χ0) is 20.6. The fourth-order valence-electron chi connectivity index (χ4n) is 4.04. The first-order valence-electron chi connectivity index (χ1n) is 10.6.